The van der Waals surface area contributed by atoms with E-state index in [1.165, 1.54) is 16.3 Å². The molecule has 0 saturated carbocycles. The Morgan fingerprint density at radius 1 is 0.714 bits per heavy atom. The monoisotopic (exact) mass is 638 g/mol. The zero-order valence-corrected chi connectivity index (χ0v) is 28.9. The van der Waals surface area contributed by atoms with Crippen molar-refractivity contribution in [1.82, 2.24) is 0 Å². The summed E-state index contributed by atoms with van der Waals surface area (Å²) in [5.41, 5.74) is 14.5. The molecule has 0 aromatic heterocycles. The molecule has 5 aromatic rings. The van der Waals surface area contributed by atoms with E-state index < -0.39 is 0 Å². The third-order valence-electron chi connectivity index (χ3n) is 9.49. The summed E-state index contributed by atoms with van der Waals surface area (Å²) in [5.74, 6) is 0.188. The molecule has 2 nitrogen and oxygen atoms in total. The maximum atomic E-state index is 12.1. The molecule has 0 saturated heterocycles. The van der Waals surface area contributed by atoms with Gasteiger partial charge >= 0.3 is 0 Å². The highest BCUT2D eigenvalue weighted by atomic mass is 16.3. The van der Waals surface area contributed by atoms with Crippen molar-refractivity contribution >= 4 is 39.3 Å². The van der Waals surface area contributed by atoms with Crippen LogP contribution in [0.3, 0.4) is 0 Å². The molecule has 0 radical (unpaired) electrons. The smallest absolute Gasteiger partial charge is 0.130 e. The van der Waals surface area contributed by atoms with E-state index in [2.05, 4.69) is 112 Å². The van der Waals surface area contributed by atoms with Crippen molar-refractivity contribution in [2.45, 2.75) is 41.0 Å². The third-order valence-corrected chi connectivity index (χ3v) is 9.49. The molecule has 0 fully saturated rings. The number of fused-ring (bicyclic) bond motifs is 2. The number of hydrogen-bond acceptors (Lipinski definition) is 2. The Morgan fingerprint density at radius 2 is 1.49 bits per heavy atom. The third kappa shape index (κ3) is 6.04. The lowest BCUT2D eigenvalue weighted by atomic mass is 9.78. The summed E-state index contributed by atoms with van der Waals surface area (Å²) in [7, 11) is 0. The molecule has 6 rings (SSSR count). The predicted molar refractivity (Wildman–Crippen MR) is 212 cm³/mol. The number of rotatable bonds is 8. The van der Waals surface area contributed by atoms with Gasteiger partial charge < -0.3 is 10.2 Å². The lowest BCUT2D eigenvalue weighted by Crippen LogP contribution is -2.02. The maximum Gasteiger partial charge on any atom is 0.130 e. The predicted octanol–water partition coefficient (Wildman–Crippen LogP) is 12.9. The number of hydrogen-bond donors (Lipinski definition) is 2. The van der Waals surface area contributed by atoms with Gasteiger partial charge in [0.05, 0.1) is 0 Å². The average molecular weight is 639 g/mol. The van der Waals surface area contributed by atoms with E-state index >= 15 is 0 Å². The summed E-state index contributed by atoms with van der Waals surface area (Å²) in [6.45, 7) is 13.9. The van der Waals surface area contributed by atoms with Crippen LogP contribution in [0, 0.1) is 20.8 Å². The Morgan fingerprint density at radius 3 is 2.24 bits per heavy atom. The van der Waals surface area contributed by atoms with Gasteiger partial charge in [0.15, 0.2) is 0 Å². The largest absolute Gasteiger partial charge is 0.507 e. The topological polar surface area (TPSA) is 40.5 Å². The van der Waals surface area contributed by atoms with Crippen LogP contribution < -0.4 is 0 Å². The quantitative estimate of drug-likeness (QED) is 0.131. The second-order valence-electron chi connectivity index (χ2n) is 12.5. The van der Waals surface area contributed by atoms with E-state index in [4.69, 9.17) is 0 Å². The normalized spacial score (nSPS) is 13.2. The minimum Gasteiger partial charge on any atom is -0.507 e. The first-order valence-corrected chi connectivity index (χ1v) is 16.8. The number of phenols is 2. The van der Waals surface area contributed by atoms with Crippen molar-refractivity contribution in [1.29, 1.82) is 0 Å². The lowest BCUT2D eigenvalue weighted by molar-refractivity contribution is 0.441. The van der Waals surface area contributed by atoms with E-state index in [0.29, 0.717) is 5.56 Å². The fraction of sp³-hybridized carbons (Fsp3) is 0.128. The van der Waals surface area contributed by atoms with Crippen LogP contribution in [0.1, 0.15) is 53.6 Å². The molecule has 0 bridgehead atoms. The molecule has 0 heterocycles. The molecule has 0 spiro atoms. The van der Waals surface area contributed by atoms with Gasteiger partial charge in [0.1, 0.15) is 11.5 Å². The summed E-state index contributed by atoms with van der Waals surface area (Å²) < 4.78 is 0. The van der Waals surface area contributed by atoms with Crippen LogP contribution >= 0.6 is 0 Å². The van der Waals surface area contributed by atoms with Crippen molar-refractivity contribution in [3.05, 3.63) is 167 Å². The fourth-order valence-corrected chi connectivity index (χ4v) is 7.02. The van der Waals surface area contributed by atoms with Crippen molar-refractivity contribution in [3.63, 3.8) is 0 Å². The van der Waals surface area contributed by atoms with Gasteiger partial charge in [-0.05, 0) is 118 Å². The molecule has 49 heavy (non-hydrogen) atoms. The highest BCUT2D eigenvalue weighted by Crippen LogP contribution is 2.52. The Hall–Kier alpha value is -5.82. The van der Waals surface area contributed by atoms with Crippen molar-refractivity contribution in [2.24, 2.45) is 0 Å². The Labute approximate surface area is 290 Å². The van der Waals surface area contributed by atoms with Crippen LogP contribution in [0.15, 0.2) is 133 Å². The standard InChI is InChI=1S/C47H42O2/c1-7-9-11-14-20-34-27-28-38-35(29-34)21-18-26-39(38)42-31(4)37(22-10-8-2)44(41-25-17-16-24-40(41)42)45-43(32(5)46(48)33(6)47(45)49)36-23-15-12-13-19-30(36)3/h7,9-14,16-29,48-49H,1,8H2,2-6H3/b11-9-,20-14+,22-10-. The van der Waals surface area contributed by atoms with Gasteiger partial charge in [-0.3, -0.25) is 0 Å². The molecule has 2 N–H and O–H groups in total. The van der Waals surface area contributed by atoms with Crippen LogP contribution in [-0.4, -0.2) is 10.2 Å². The summed E-state index contributed by atoms with van der Waals surface area (Å²) in [6, 6.07) is 21.6. The van der Waals surface area contributed by atoms with E-state index in [1.807, 2.05) is 49.5 Å². The first-order chi connectivity index (χ1) is 23.8. The maximum absolute atomic E-state index is 12.1. The van der Waals surface area contributed by atoms with Gasteiger partial charge in [-0.25, -0.2) is 0 Å². The zero-order valence-electron chi connectivity index (χ0n) is 28.9. The minimum atomic E-state index is 0.0844. The van der Waals surface area contributed by atoms with Crippen LogP contribution in [0.2, 0.25) is 0 Å². The van der Waals surface area contributed by atoms with Crippen molar-refractivity contribution in [2.75, 3.05) is 0 Å². The average Bonchev–Trinajstić information content (AvgIpc) is 3.33. The van der Waals surface area contributed by atoms with E-state index in [1.54, 1.807) is 13.0 Å². The number of phenolic OH excluding ortho intramolecular Hbond substituents is 2. The molecule has 0 aliphatic heterocycles. The zero-order chi connectivity index (χ0) is 34.7. The number of aromatic hydroxyl groups is 2. The Kier molecular flexibility index (Phi) is 9.54. The molecule has 2 heteroatoms. The van der Waals surface area contributed by atoms with Gasteiger partial charge in [0, 0.05) is 22.3 Å². The first-order valence-electron chi connectivity index (χ1n) is 16.8. The Balaban J connectivity index is 1.74. The molecule has 5 aromatic carbocycles. The molecule has 0 atom stereocenters. The van der Waals surface area contributed by atoms with Gasteiger partial charge in [-0.1, -0.05) is 123 Å². The van der Waals surface area contributed by atoms with E-state index in [0.717, 1.165) is 72.8 Å². The summed E-state index contributed by atoms with van der Waals surface area (Å²) in [6.07, 6.45) is 22.9. The van der Waals surface area contributed by atoms with E-state index in [-0.39, 0.29) is 11.5 Å². The SMILES string of the molecule is C=C/C=C\C=C\c1ccc2c(-c3c(C)c(/C=C\CC)c(-c4c(O)c(C)c(O)c(C)c4C4=C(C)C=CC=C=C4)c4ccccc34)cccc2c1. The number of allylic oxidation sites excluding steroid dienone is 10. The minimum absolute atomic E-state index is 0.0844. The van der Waals surface area contributed by atoms with Crippen LogP contribution in [0.5, 0.6) is 11.5 Å². The molecular formula is C47H42O2. The summed E-state index contributed by atoms with van der Waals surface area (Å²) >= 11 is 0. The summed E-state index contributed by atoms with van der Waals surface area (Å²) in [5, 5.41) is 27.9. The first kappa shape index (κ1) is 33.1. The van der Waals surface area contributed by atoms with Crippen LogP contribution in [0.4, 0.5) is 0 Å². The fourth-order valence-electron chi connectivity index (χ4n) is 7.02. The highest BCUT2D eigenvalue weighted by molar-refractivity contribution is 6.15. The lowest BCUT2D eigenvalue weighted by Gasteiger charge is -2.25. The highest BCUT2D eigenvalue weighted by Gasteiger charge is 2.28. The number of benzene rings is 5. The molecule has 0 unspecified atom stereocenters. The van der Waals surface area contributed by atoms with Gasteiger partial charge in [-0.2, -0.15) is 0 Å². The van der Waals surface area contributed by atoms with Crippen molar-refractivity contribution < 1.29 is 10.2 Å². The van der Waals surface area contributed by atoms with Gasteiger partial charge in [-0.15, -0.1) is 5.73 Å². The van der Waals surface area contributed by atoms with Crippen LogP contribution in [0.25, 0.3) is 61.5 Å². The molecule has 1 aliphatic rings. The Bertz CT molecular complexity index is 2360. The second kappa shape index (κ2) is 14.1. The van der Waals surface area contributed by atoms with Crippen molar-refractivity contribution in [3.8, 4) is 33.8 Å². The molecule has 0 amide bonds. The van der Waals surface area contributed by atoms with Crippen LogP contribution in [-0.2, 0) is 0 Å². The molecule has 1 aliphatic carbocycles. The summed E-state index contributed by atoms with van der Waals surface area (Å²) in [4.78, 5) is 0. The van der Waals surface area contributed by atoms with Gasteiger partial charge in [0.25, 0.3) is 0 Å². The van der Waals surface area contributed by atoms with Gasteiger partial charge in [0.2, 0.25) is 0 Å². The molecular weight excluding hydrogens is 597 g/mol. The molecule has 242 valence electrons. The second-order valence-corrected chi connectivity index (χ2v) is 12.5. The van der Waals surface area contributed by atoms with E-state index in [9.17, 15) is 10.2 Å².